The van der Waals surface area contributed by atoms with E-state index in [0.29, 0.717) is 0 Å². The zero-order valence-corrected chi connectivity index (χ0v) is 17.2. The molecule has 1 aromatic heterocycles. The standard InChI is InChI=1S/C22H24FN3O4/c1-13(2)15-7-4-6-14(3)18(15)12-24-22(30)26-20(27)16-8-5-9-17(21(28)29)19(16)25(26)11-10-23/h4-9,13H,10-12H2,1-3H3,(H,24,30)(H,28,29)/p+1. The third-order valence-electron chi connectivity index (χ3n) is 5.18. The summed E-state index contributed by atoms with van der Waals surface area (Å²) in [6.07, 6.45) is 0. The highest BCUT2D eigenvalue weighted by Gasteiger charge is 2.25. The molecule has 0 bridgehead atoms. The molecule has 3 rings (SSSR count). The van der Waals surface area contributed by atoms with Gasteiger partial charge in [-0.1, -0.05) is 38.1 Å². The van der Waals surface area contributed by atoms with Crippen LogP contribution in [0.4, 0.5) is 9.18 Å². The molecule has 8 heteroatoms. The van der Waals surface area contributed by atoms with E-state index in [2.05, 4.69) is 19.2 Å². The van der Waals surface area contributed by atoms with E-state index in [0.717, 1.165) is 26.1 Å². The maximum atomic E-state index is 13.2. The fourth-order valence-electron chi connectivity index (χ4n) is 3.74. The van der Waals surface area contributed by atoms with Gasteiger partial charge in [0.25, 0.3) is 5.56 Å². The number of halogens is 1. The second-order valence-corrected chi connectivity index (χ2v) is 7.42. The lowest BCUT2D eigenvalue weighted by Gasteiger charge is -2.17. The van der Waals surface area contributed by atoms with Gasteiger partial charge in [0.05, 0.1) is 17.4 Å². The number of alkyl halides is 1. The highest BCUT2D eigenvalue weighted by molar-refractivity contribution is 6.02. The van der Waals surface area contributed by atoms with Gasteiger partial charge in [0.2, 0.25) is 0 Å². The predicted octanol–water partition coefficient (Wildman–Crippen LogP) is 2.83. The van der Waals surface area contributed by atoms with Crippen LogP contribution < -0.4 is 10.9 Å². The Morgan fingerprint density at radius 1 is 1.17 bits per heavy atom. The number of hydrogen-bond acceptors (Lipinski definition) is 3. The monoisotopic (exact) mass is 414 g/mol. The molecule has 0 spiro atoms. The van der Waals surface area contributed by atoms with E-state index >= 15 is 0 Å². The molecule has 0 aliphatic heterocycles. The van der Waals surface area contributed by atoms with Gasteiger partial charge in [-0.2, -0.15) is 4.68 Å². The summed E-state index contributed by atoms with van der Waals surface area (Å²) in [5, 5.41) is 10.3. The topological polar surface area (TPSA) is 96.0 Å². The average Bonchev–Trinajstić information content (AvgIpc) is 2.98. The fraction of sp³-hybridized carbons (Fsp3) is 0.318. The smallest absolute Gasteiger partial charge is 0.551 e. The molecule has 0 saturated heterocycles. The van der Waals surface area contributed by atoms with E-state index in [4.69, 9.17) is 5.11 Å². The van der Waals surface area contributed by atoms with Crippen LogP contribution in [0.3, 0.4) is 0 Å². The van der Waals surface area contributed by atoms with E-state index < -0.39 is 24.2 Å². The van der Waals surface area contributed by atoms with Crippen LogP contribution in [0.2, 0.25) is 0 Å². The first-order valence-electron chi connectivity index (χ1n) is 9.71. The van der Waals surface area contributed by atoms with Gasteiger partial charge in [-0.3, -0.25) is 9.48 Å². The van der Waals surface area contributed by atoms with Gasteiger partial charge in [0, 0.05) is 11.3 Å². The molecule has 3 aromatic rings. The molecule has 0 saturated carbocycles. The van der Waals surface area contributed by atoms with Gasteiger partial charge < -0.3 is 10.4 Å². The third-order valence-corrected chi connectivity index (χ3v) is 5.18. The van der Waals surface area contributed by atoms with Crippen molar-refractivity contribution in [3.05, 3.63) is 69.0 Å². The maximum absolute atomic E-state index is 13.2. The Bertz CT molecular complexity index is 1180. The number of carbonyl (C=O) groups excluding carboxylic acids is 2. The van der Waals surface area contributed by atoms with E-state index in [-0.39, 0.29) is 35.5 Å². The molecule has 0 fully saturated rings. The van der Waals surface area contributed by atoms with Crippen LogP contribution in [0.5, 0.6) is 0 Å². The van der Waals surface area contributed by atoms with Crippen molar-refractivity contribution < 1.29 is 19.1 Å². The quantitative estimate of drug-likeness (QED) is 0.628. The minimum atomic E-state index is -1.01. The SMILES string of the molecule is Cc1cccc(C(C)C)c1CNC(=O)n1c(=O)c2cccc(C(=O)[OH2+])c2n1CCF. The van der Waals surface area contributed by atoms with Crippen LogP contribution in [0.25, 0.3) is 10.9 Å². The van der Waals surface area contributed by atoms with Gasteiger partial charge in [0.1, 0.15) is 12.2 Å². The molecule has 0 atom stereocenters. The lowest BCUT2D eigenvalue weighted by Crippen LogP contribution is -2.38. The van der Waals surface area contributed by atoms with Crippen LogP contribution >= 0.6 is 0 Å². The number of fused-ring (bicyclic) bond motifs is 1. The molecule has 30 heavy (non-hydrogen) atoms. The number of aromatic nitrogens is 2. The molecule has 0 unspecified atom stereocenters. The maximum Gasteiger partial charge on any atom is 0.551 e. The number of rotatable bonds is 6. The molecule has 7 nitrogen and oxygen atoms in total. The van der Waals surface area contributed by atoms with Crippen molar-refractivity contribution in [2.24, 2.45) is 0 Å². The molecule has 1 heterocycles. The van der Waals surface area contributed by atoms with Crippen molar-refractivity contribution >= 4 is 22.9 Å². The van der Waals surface area contributed by atoms with Crippen LogP contribution in [0, 0.1) is 6.92 Å². The molecule has 0 aliphatic rings. The number of carbonyl (C=O) groups is 2. The Balaban J connectivity index is 2.05. The molecule has 3 N–H and O–H groups in total. The van der Waals surface area contributed by atoms with Crippen LogP contribution in [0.1, 0.15) is 46.8 Å². The predicted molar refractivity (Wildman–Crippen MR) is 113 cm³/mol. The number of amides is 1. The lowest BCUT2D eigenvalue weighted by molar-refractivity contribution is 0.0698. The summed E-state index contributed by atoms with van der Waals surface area (Å²) >= 11 is 0. The van der Waals surface area contributed by atoms with E-state index in [1.54, 1.807) is 0 Å². The summed E-state index contributed by atoms with van der Waals surface area (Å²) < 4.78 is 15.2. The largest absolute Gasteiger partial charge is 0.561 e. The molecule has 0 aliphatic carbocycles. The summed E-state index contributed by atoms with van der Waals surface area (Å²) in [6, 6.07) is 9.50. The molecular formula is C22H25FN3O4+. The summed E-state index contributed by atoms with van der Waals surface area (Å²) in [5.41, 5.74) is 2.45. The zero-order valence-electron chi connectivity index (χ0n) is 17.2. The van der Waals surface area contributed by atoms with Crippen molar-refractivity contribution in [2.75, 3.05) is 6.67 Å². The number of aryl methyl sites for hydroxylation is 2. The van der Waals surface area contributed by atoms with Gasteiger partial charge >= 0.3 is 12.0 Å². The highest BCUT2D eigenvalue weighted by atomic mass is 19.1. The highest BCUT2D eigenvalue weighted by Crippen LogP contribution is 2.22. The van der Waals surface area contributed by atoms with Crippen molar-refractivity contribution in [3.8, 4) is 0 Å². The summed E-state index contributed by atoms with van der Waals surface area (Å²) in [4.78, 5) is 37.5. The van der Waals surface area contributed by atoms with Gasteiger partial charge in [-0.15, -0.1) is 0 Å². The molecule has 158 valence electrons. The first-order valence-corrected chi connectivity index (χ1v) is 9.71. The van der Waals surface area contributed by atoms with Gasteiger partial charge in [-0.05, 0) is 41.7 Å². The number of hydrogen-bond donors (Lipinski definition) is 1. The third kappa shape index (κ3) is 3.72. The first-order chi connectivity index (χ1) is 14.3. The Hall–Kier alpha value is -3.42. The van der Waals surface area contributed by atoms with Crippen molar-refractivity contribution in [1.29, 1.82) is 0 Å². The minimum absolute atomic E-state index is 0.0504. The van der Waals surface area contributed by atoms with Gasteiger partial charge in [-0.25, -0.2) is 9.18 Å². The Morgan fingerprint density at radius 3 is 2.50 bits per heavy atom. The minimum Gasteiger partial charge on any atom is -0.561 e. The number of nitrogens with one attached hydrogen (secondary N) is 1. The summed E-state index contributed by atoms with van der Waals surface area (Å²) in [5.74, 6) is -0.754. The fourth-order valence-corrected chi connectivity index (χ4v) is 3.74. The van der Waals surface area contributed by atoms with Crippen LogP contribution in [-0.4, -0.2) is 33.1 Å². The lowest BCUT2D eigenvalue weighted by atomic mass is 9.94. The zero-order chi connectivity index (χ0) is 22.0. The van der Waals surface area contributed by atoms with E-state index in [1.165, 1.54) is 18.2 Å². The normalized spacial score (nSPS) is 11.2. The van der Waals surface area contributed by atoms with E-state index in [9.17, 15) is 18.8 Å². The van der Waals surface area contributed by atoms with Crippen molar-refractivity contribution in [2.45, 2.75) is 39.8 Å². The van der Waals surface area contributed by atoms with Crippen molar-refractivity contribution in [3.63, 3.8) is 0 Å². The molecular weight excluding hydrogens is 389 g/mol. The molecule has 2 aromatic carbocycles. The number of nitrogens with zero attached hydrogens (tertiary/aromatic N) is 2. The summed E-state index contributed by atoms with van der Waals surface area (Å²) in [7, 11) is 0. The van der Waals surface area contributed by atoms with Crippen LogP contribution in [-0.2, 0) is 13.1 Å². The summed E-state index contributed by atoms with van der Waals surface area (Å²) in [6.45, 7) is 5.13. The Kier molecular flexibility index (Phi) is 6.05. The molecule has 0 radical (unpaired) electrons. The van der Waals surface area contributed by atoms with Crippen molar-refractivity contribution in [1.82, 2.24) is 14.7 Å². The van der Waals surface area contributed by atoms with Crippen LogP contribution in [0.15, 0.2) is 41.2 Å². The Labute approximate surface area is 172 Å². The number of para-hydroxylation sites is 1. The first kappa shape index (κ1) is 21.3. The molecule has 1 amide bonds. The van der Waals surface area contributed by atoms with Gasteiger partial charge in [0.15, 0.2) is 0 Å². The number of benzene rings is 2. The Morgan fingerprint density at radius 2 is 1.87 bits per heavy atom. The second kappa shape index (κ2) is 8.52. The second-order valence-electron chi connectivity index (χ2n) is 7.42. The average molecular weight is 414 g/mol. The van der Waals surface area contributed by atoms with E-state index in [1.807, 2.05) is 25.1 Å².